The van der Waals surface area contributed by atoms with Gasteiger partial charge in [0.2, 0.25) is 0 Å². The summed E-state index contributed by atoms with van der Waals surface area (Å²) in [5.41, 5.74) is 5.43. The van der Waals surface area contributed by atoms with Crippen molar-refractivity contribution in [2.24, 2.45) is 5.41 Å². The largest absolute Gasteiger partial charge is 0.355 e. The maximum absolute atomic E-state index is 12.8. The van der Waals surface area contributed by atoms with Crippen molar-refractivity contribution in [1.82, 2.24) is 30.3 Å². The summed E-state index contributed by atoms with van der Waals surface area (Å²) in [6.45, 7) is 8.08. The molecule has 0 spiro atoms. The number of amides is 1. The van der Waals surface area contributed by atoms with E-state index in [9.17, 15) is 10.1 Å². The fourth-order valence-electron chi connectivity index (χ4n) is 4.79. The van der Waals surface area contributed by atoms with Crippen molar-refractivity contribution in [2.45, 2.75) is 52.6 Å². The monoisotopic (exact) mass is 444 g/mol. The maximum Gasteiger partial charge on any atom is 0.255 e. The van der Waals surface area contributed by atoms with E-state index >= 15 is 0 Å². The number of H-pyrrole nitrogens is 1. The highest BCUT2D eigenvalue weighted by atomic mass is 16.1. The second-order valence-electron chi connectivity index (χ2n) is 9.46. The summed E-state index contributed by atoms with van der Waals surface area (Å²) in [5.74, 6) is 0.764. The SMILES string of the molecule is Cc1nc(N2CCC(C)(C#N)C2)ccc1Cn1cc(C(=O)N[C@@H]2CCc3c2n[nH]c3C)cn1. The highest BCUT2D eigenvalue weighted by Crippen LogP contribution is 2.32. The molecule has 1 unspecified atom stereocenters. The normalized spacial score (nSPS) is 21.8. The zero-order chi connectivity index (χ0) is 23.2. The number of fused-ring (bicyclic) bond motifs is 1. The van der Waals surface area contributed by atoms with Gasteiger partial charge in [0.15, 0.2) is 0 Å². The Bertz CT molecular complexity index is 1250. The van der Waals surface area contributed by atoms with Crippen LogP contribution in [0.5, 0.6) is 0 Å². The van der Waals surface area contributed by atoms with Gasteiger partial charge in [0.25, 0.3) is 5.91 Å². The number of anilines is 1. The fraction of sp³-hybridized carbons (Fsp3) is 0.458. The van der Waals surface area contributed by atoms with Gasteiger partial charge in [-0.25, -0.2) is 4.98 Å². The Morgan fingerprint density at radius 1 is 1.39 bits per heavy atom. The number of aromatic amines is 1. The molecule has 0 saturated carbocycles. The second-order valence-corrected chi connectivity index (χ2v) is 9.46. The second kappa shape index (κ2) is 8.03. The maximum atomic E-state index is 12.8. The van der Waals surface area contributed by atoms with Crippen molar-refractivity contribution >= 4 is 11.7 Å². The van der Waals surface area contributed by atoms with Gasteiger partial charge >= 0.3 is 0 Å². The quantitative estimate of drug-likeness (QED) is 0.625. The van der Waals surface area contributed by atoms with Gasteiger partial charge in [0, 0.05) is 30.7 Å². The Morgan fingerprint density at radius 2 is 2.24 bits per heavy atom. The molecule has 0 aromatic carbocycles. The van der Waals surface area contributed by atoms with Crippen molar-refractivity contribution in [3.63, 3.8) is 0 Å². The Hall–Kier alpha value is -3.67. The standard InChI is InChI=1S/C24H28N8O/c1-15-17(4-7-21(27-15)31-9-8-24(3,13-25)14-31)11-32-12-18(10-26-32)23(33)28-20-6-5-19-16(2)29-30-22(19)20/h4,7,10,12,20H,5-6,8-9,11,14H2,1-3H3,(H,28,33)(H,29,30)/t20-,24?/m1/s1. The summed E-state index contributed by atoms with van der Waals surface area (Å²) in [5, 5.41) is 24.2. The minimum Gasteiger partial charge on any atom is -0.355 e. The molecule has 1 aliphatic heterocycles. The lowest BCUT2D eigenvalue weighted by molar-refractivity contribution is 0.0936. The van der Waals surface area contributed by atoms with E-state index in [1.165, 1.54) is 5.56 Å². The zero-order valence-electron chi connectivity index (χ0n) is 19.2. The van der Waals surface area contributed by atoms with Gasteiger partial charge in [-0.05, 0) is 57.2 Å². The molecule has 2 aliphatic rings. The van der Waals surface area contributed by atoms with Crippen molar-refractivity contribution < 1.29 is 4.79 Å². The van der Waals surface area contributed by atoms with Crippen molar-refractivity contribution in [2.75, 3.05) is 18.0 Å². The van der Waals surface area contributed by atoms with Crippen LogP contribution in [0.4, 0.5) is 5.82 Å². The lowest BCUT2D eigenvalue weighted by Crippen LogP contribution is -2.27. The number of aromatic nitrogens is 5. The first-order valence-corrected chi connectivity index (χ1v) is 11.3. The van der Waals surface area contributed by atoms with Crippen molar-refractivity contribution in [3.05, 3.63) is 58.3 Å². The summed E-state index contributed by atoms with van der Waals surface area (Å²) in [4.78, 5) is 19.7. The average Bonchev–Trinajstić information content (AvgIpc) is 3.57. The molecule has 9 nitrogen and oxygen atoms in total. The van der Waals surface area contributed by atoms with Crippen LogP contribution in [0.25, 0.3) is 0 Å². The van der Waals surface area contributed by atoms with E-state index in [2.05, 4.69) is 37.6 Å². The van der Waals surface area contributed by atoms with Gasteiger partial charge in [0.05, 0.1) is 41.5 Å². The number of nitrogens with one attached hydrogen (secondary N) is 2. The van der Waals surface area contributed by atoms with E-state index in [0.717, 1.165) is 54.3 Å². The number of rotatable bonds is 5. The van der Waals surface area contributed by atoms with Crippen LogP contribution in [0.1, 0.15) is 64.4 Å². The van der Waals surface area contributed by atoms with Gasteiger partial charge < -0.3 is 10.2 Å². The molecular formula is C24H28N8O. The number of carbonyl (C=O) groups excluding carboxylic acids is 1. The van der Waals surface area contributed by atoms with E-state index < -0.39 is 0 Å². The third-order valence-corrected chi connectivity index (χ3v) is 6.90. The van der Waals surface area contributed by atoms with Crippen LogP contribution in [-0.2, 0) is 13.0 Å². The molecule has 0 radical (unpaired) electrons. The smallest absolute Gasteiger partial charge is 0.255 e. The molecule has 1 fully saturated rings. The van der Waals surface area contributed by atoms with Gasteiger partial charge in [-0.2, -0.15) is 15.5 Å². The minimum atomic E-state index is -0.309. The molecule has 4 heterocycles. The van der Waals surface area contributed by atoms with Crippen LogP contribution >= 0.6 is 0 Å². The molecule has 5 rings (SSSR count). The minimum absolute atomic E-state index is 0.0618. The molecule has 170 valence electrons. The summed E-state index contributed by atoms with van der Waals surface area (Å²) in [6, 6.07) is 6.42. The highest BCUT2D eigenvalue weighted by molar-refractivity contribution is 5.94. The number of hydrogen-bond acceptors (Lipinski definition) is 6. The number of carbonyl (C=O) groups is 1. The first-order valence-electron chi connectivity index (χ1n) is 11.3. The number of nitrogens with zero attached hydrogens (tertiary/aromatic N) is 6. The van der Waals surface area contributed by atoms with Crippen LogP contribution in [0.2, 0.25) is 0 Å². The number of pyridine rings is 1. The molecule has 3 aromatic rings. The zero-order valence-corrected chi connectivity index (χ0v) is 19.2. The molecule has 2 atom stereocenters. The van der Waals surface area contributed by atoms with Gasteiger partial charge in [-0.1, -0.05) is 6.07 Å². The van der Waals surface area contributed by atoms with Crippen LogP contribution in [-0.4, -0.2) is 44.0 Å². The van der Waals surface area contributed by atoms with E-state index in [0.29, 0.717) is 18.7 Å². The van der Waals surface area contributed by atoms with Crippen LogP contribution in [0.15, 0.2) is 24.5 Å². The van der Waals surface area contributed by atoms with Gasteiger partial charge in [-0.3, -0.25) is 14.6 Å². The van der Waals surface area contributed by atoms with Gasteiger partial charge in [0.1, 0.15) is 5.82 Å². The predicted octanol–water partition coefficient (Wildman–Crippen LogP) is 2.82. The molecule has 0 bridgehead atoms. The topological polar surface area (TPSA) is 116 Å². The number of aryl methyl sites for hydroxylation is 2. The molecule has 1 saturated heterocycles. The van der Waals surface area contributed by atoms with E-state index in [4.69, 9.17) is 4.98 Å². The Morgan fingerprint density at radius 3 is 3.00 bits per heavy atom. The Labute approximate surface area is 192 Å². The first-order chi connectivity index (χ1) is 15.8. The average molecular weight is 445 g/mol. The number of hydrogen-bond donors (Lipinski definition) is 2. The highest BCUT2D eigenvalue weighted by Gasteiger charge is 2.34. The van der Waals surface area contributed by atoms with Crippen LogP contribution in [0, 0.1) is 30.6 Å². The Kier molecular flexibility index (Phi) is 5.16. The Balaban J connectivity index is 1.24. The lowest BCUT2D eigenvalue weighted by Gasteiger charge is -2.20. The summed E-state index contributed by atoms with van der Waals surface area (Å²) < 4.78 is 1.76. The predicted molar refractivity (Wildman–Crippen MR) is 123 cm³/mol. The van der Waals surface area contributed by atoms with Crippen molar-refractivity contribution in [1.29, 1.82) is 5.26 Å². The molecule has 1 aliphatic carbocycles. The van der Waals surface area contributed by atoms with E-state index in [1.54, 1.807) is 17.1 Å². The first kappa shape index (κ1) is 21.2. The third kappa shape index (κ3) is 3.97. The van der Waals surface area contributed by atoms with Gasteiger partial charge in [-0.15, -0.1) is 0 Å². The summed E-state index contributed by atoms with van der Waals surface area (Å²) in [6.07, 6.45) is 6.02. The molecular weight excluding hydrogens is 416 g/mol. The van der Waals surface area contributed by atoms with Crippen molar-refractivity contribution in [3.8, 4) is 6.07 Å². The molecule has 3 aromatic heterocycles. The van der Waals surface area contributed by atoms with Crippen LogP contribution < -0.4 is 10.2 Å². The molecule has 33 heavy (non-hydrogen) atoms. The molecule has 1 amide bonds. The molecule has 2 N–H and O–H groups in total. The summed E-state index contributed by atoms with van der Waals surface area (Å²) in [7, 11) is 0. The fourth-order valence-corrected chi connectivity index (χ4v) is 4.79. The number of nitriles is 1. The molecule has 9 heteroatoms. The third-order valence-electron chi connectivity index (χ3n) is 6.90. The van der Waals surface area contributed by atoms with E-state index in [-0.39, 0.29) is 17.4 Å². The van der Waals surface area contributed by atoms with Crippen LogP contribution in [0.3, 0.4) is 0 Å². The van der Waals surface area contributed by atoms with E-state index in [1.807, 2.05) is 26.8 Å². The lowest BCUT2D eigenvalue weighted by atomic mass is 9.92. The summed E-state index contributed by atoms with van der Waals surface area (Å²) >= 11 is 0.